The number of hydrogen-bond acceptors (Lipinski definition) is 7. The zero-order valence-corrected chi connectivity index (χ0v) is 17.8. The fraction of sp³-hybridized carbons (Fsp3) is 0.190. The van der Waals surface area contributed by atoms with Crippen molar-refractivity contribution in [3.05, 3.63) is 77.1 Å². The molecule has 1 aliphatic rings. The van der Waals surface area contributed by atoms with E-state index in [0.29, 0.717) is 23.5 Å². The Morgan fingerprint density at radius 1 is 1.19 bits per heavy atom. The summed E-state index contributed by atoms with van der Waals surface area (Å²) < 4.78 is 38.6. The molecule has 1 fully saturated rings. The van der Waals surface area contributed by atoms with E-state index in [0.717, 1.165) is 0 Å². The second kappa shape index (κ2) is 8.94. The molecule has 0 saturated heterocycles. The highest BCUT2D eigenvalue weighted by Crippen LogP contribution is 2.33. The van der Waals surface area contributed by atoms with Gasteiger partial charge in [-0.05, 0) is 31.0 Å². The Hall–Kier alpha value is -3.11. The third kappa shape index (κ3) is 4.97. The van der Waals surface area contributed by atoms with Gasteiger partial charge in [0.05, 0.1) is 10.1 Å². The molecule has 0 atom stereocenters. The molecule has 10 heteroatoms. The number of carbonyl (C=O) groups is 1. The summed E-state index contributed by atoms with van der Waals surface area (Å²) in [4.78, 5) is 22.2. The lowest BCUT2D eigenvalue weighted by Gasteiger charge is -2.09. The average molecular weight is 460 g/mol. The zero-order chi connectivity index (χ0) is 21.8. The summed E-state index contributed by atoms with van der Waals surface area (Å²) in [6.07, 6.45) is 2.87. The van der Waals surface area contributed by atoms with Gasteiger partial charge in [-0.3, -0.25) is 10.1 Å². The summed E-state index contributed by atoms with van der Waals surface area (Å²) in [6, 6.07) is 12.0. The number of anilines is 1. The molecule has 7 nitrogen and oxygen atoms in total. The third-order valence-corrected chi connectivity index (χ3v) is 7.59. The molecule has 160 valence electrons. The van der Waals surface area contributed by atoms with Crippen LogP contribution in [0.15, 0.2) is 70.2 Å². The number of amides is 1. The summed E-state index contributed by atoms with van der Waals surface area (Å²) in [5, 5.41) is 8.29. The normalized spacial score (nSPS) is 14.3. The van der Waals surface area contributed by atoms with Crippen LogP contribution in [0.4, 0.5) is 9.52 Å². The number of thiazole rings is 1. The number of halogens is 1. The SMILES string of the molecule is O=C(Nc1nccs1)/C(=N/OCc1ccccc1F)c1ccc(S(=O)(=O)C2CC2)cc1. The van der Waals surface area contributed by atoms with Crippen LogP contribution in [0.3, 0.4) is 0 Å². The highest BCUT2D eigenvalue weighted by atomic mass is 32.2. The van der Waals surface area contributed by atoms with E-state index < -0.39 is 21.6 Å². The van der Waals surface area contributed by atoms with Crippen molar-refractivity contribution in [1.82, 2.24) is 4.98 Å². The van der Waals surface area contributed by atoms with Gasteiger partial charge in [0, 0.05) is 22.7 Å². The molecule has 4 rings (SSSR count). The van der Waals surface area contributed by atoms with Crippen molar-refractivity contribution in [2.24, 2.45) is 5.16 Å². The number of nitrogens with zero attached hydrogens (tertiary/aromatic N) is 2. The van der Waals surface area contributed by atoms with Crippen molar-refractivity contribution in [1.29, 1.82) is 0 Å². The van der Waals surface area contributed by atoms with Crippen LogP contribution in [-0.4, -0.2) is 30.3 Å². The topological polar surface area (TPSA) is 97.7 Å². The van der Waals surface area contributed by atoms with Gasteiger partial charge in [0.2, 0.25) is 0 Å². The molecular formula is C21H18FN3O4S2. The van der Waals surface area contributed by atoms with E-state index >= 15 is 0 Å². The third-order valence-electron chi connectivity index (χ3n) is 4.62. The van der Waals surface area contributed by atoms with Crippen molar-refractivity contribution < 1.29 is 22.4 Å². The Morgan fingerprint density at radius 2 is 1.94 bits per heavy atom. The number of rotatable bonds is 8. The van der Waals surface area contributed by atoms with Crippen molar-refractivity contribution in [3.63, 3.8) is 0 Å². The molecule has 1 aliphatic carbocycles. The molecule has 31 heavy (non-hydrogen) atoms. The Balaban J connectivity index is 1.58. The summed E-state index contributed by atoms with van der Waals surface area (Å²) in [6.45, 7) is -0.172. The van der Waals surface area contributed by atoms with Gasteiger partial charge in [0.15, 0.2) is 20.7 Å². The molecular weight excluding hydrogens is 441 g/mol. The Labute approximate surface area is 182 Å². The molecule has 1 heterocycles. The molecule has 1 saturated carbocycles. The van der Waals surface area contributed by atoms with Gasteiger partial charge in [-0.25, -0.2) is 17.8 Å². The molecule has 1 aromatic heterocycles. The Bertz CT molecular complexity index is 1210. The van der Waals surface area contributed by atoms with Crippen molar-refractivity contribution in [3.8, 4) is 0 Å². The highest BCUT2D eigenvalue weighted by Gasteiger charge is 2.36. The van der Waals surface area contributed by atoms with E-state index in [-0.39, 0.29) is 28.0 Å². The van der Waals surface area contributed by atoms with E-state index in [1.807, 2.05) is 0 Å². The number of hydrogen-bond donors (Lipinski definition) is 1. The lowest BCUT2D eigenvalue weighted by atomic mass is 10.1. The molecule has 0 spiro atoms. The fourth-order valence-electron chi connectivity index (χ4n) is 2.82. The van der Waals surface area contributed by atoms with Gasteiger partial charge < -0.3 is 4.84 Å². The van der Waals surface area contributed by atoms with Crippen LogP contribution in [0.25, 0.3) is 0 Å². The lowest BCUT2D eigenvalue weighted by Crippen LogP contribution is -2.24. The Kier molecular flexibility index (Phi) is 6.10. The van der Waals surface area contributed by atoms with Crippen LogP contribution in [0.2, 0.25) is 0 Å². The van der Waals surface area contributed by atoms with Gasteiger partial charge >= 0.3 is 0 Å². The number of nitrogens with one attached hydrogen (secondary N) is 1. The van der Waals surface area contributed by atoms with Crippen LogP contribution in [0.5, 0.6) is 0 Å². The minimum absolute atomic E-state index is 0.0816. The van der Waals surface area contributed by atoms with E-state index in [9.17, 15) is 17.6 Å². The Morgan fingerprint density at radius 3 is 2.58 bits per heavy atom. The summed E-state index contributed by atoms with van der Waals surface area (Å²) in [7, 11) is -3.35. The van der Waals surface area contributed by atoms with Crippen LogP contribution in [0, 0.1) is 5.82 Å². The first-order valence-electron chi connectivity index (χ1n) is 9.43. The van der Waals surface area contributed by atoms with Crippen molar-refractivity contribution in [2.45, 2.75) is 29.6 Å². The predicted molar refractivity (Wildman–Crippen MR) is 115 cm³/mol. The molecule has 0 unspecified atom stereocenters. The quantitative estimate of drug-likeness (QED) is 0.408. The number of benzene rings is 2. The molecule has 0 bridgehead atoms. The van der Waals surface area contributed by atoms with Gasteiger partial charge in [-0.15, -0.1) is 11.3 Å². The maximum absolute atomic E-state index is 13.8. The molecule has 3 aromatic rings. The molecule has 0 aliphatic heterocycles. The monoisotopic (exact) mass is 459 g/mol. The van der Waals surface area contributed by atoms with Gasteiger partial charge in [-0.2, -0.15) is 0 Å². The van der Waals surface area contributed by atoms with E-state index in [1.54, 1.807) is 29.8 Å². The first kappa shape index (κ1) is 21.1. The van der Waals surface area contributed by atoms with Gasteiger partial charge in [0.25, 0.3) is 5.91 Å². The second-order valence-corrected chi connectivity index (χ2v) is 9.99. The van der Waals surface area contributed by atoms with Crippen LogP contribution < -0.4 is 5.32 Å². The highest BCUT2D eigenvalue weighted by molar-refractivity contribution is 7.92. The second-order valence-electron chi connectivity index (χ2n) is 6.86. The standard InChI is InChI=1S/C21H18FN3O4S2/c22-18-4-2-1-3-15(18)13-29-25-19(20(26)24-21-23-11-12-30-21)14-5-7-16(8-6-14)31(27,28)17-9-10-17/h1-8,11-12,17H,9-10,13H2,(H,23,24,26)/b25-19+. The van der Waals surface area contributed by atoms with Gasteiger partial charge in [-0.1, -0.05) is 35.5 Å². The van der Waals surface area contributed by atoms with Crippen molar-refractivity contribution in [2.75, 3.05) is 5.32 Å². The fourth-order valence-corrected chi connectivity index (χ4v) is 5.00. The predicted octanol–water partition coefficient (Wildman–Crippen LogP) is 3.78. The summed E-state index contributed by atoms with van der Waals surface area (Å²) in [5.41, 5.74) is 0.566. The molecule has 1 N–H and O–H groups in total. The van der Waals surface area contributed by atoms with Crippen molar-refractivity contribution >= 4 is 37.9 Å². The summed E-state index contributed by atoms with van der Waals surface area (Å²) >= 11 is 1.23. The summed E-state index contributed by atoms with van der Waals surface area (Å²) in [5.74, 6) is -1.03. The molecule has 2 aromatic carbocycles. The largest absolute Gasteiger partial charge is 0.390 e. The smallest absolute Gasteiger partial charge is 0.280 e. The van der Waals surface area contributed by atoms with E-state index in [2.05, 4.69) is 15.5 Å². The van der Waals surface area contributed by atoms with E-state index in [4.69, 9.17) is 4.84 Å². The number of aromatic nitrogens is 1. The van der Waals surface area contributed by atoms with Gasteiger partial charge in [0.1, 0.15) is 12.4 Å². The van der Waals surface area contributed by atoms with Crippen LogP contribution in [0.1, 0.15) is 24.0 Å². The lowest BCUT2D eigenvalue weighted by molar-refractivity contribution is -0.110. The van der Waals surface area contributed by atoms with E-state index in [1.165, 1.54) is 41.7 Å². The minimum atomic E-state index is -3.35. The number of carbonyl (C=O) groups excluding carboxylic acids is 1. The number of sulfone groups is 1. The first-order chi connectivity index (χ1) is 14.9. The maximum Gasteiger partial charge on any atom is 0.280 e. The zero-order valence-electron chi connectivity index (χ0n) is 16.2. The molecule has 0 radical (unpaired) electrons. The minimum Gasteiger partial charge on any atom is -0.390 e. The number of oxime groups is 1. The molecule has 1 amide bonds. The maximum atomic E-state index is 13.8. The average Bonchev–Trinajstić information content (AvgIpc) is 3.51. The first-order valence-corrected chi connectivity index (χ1v) is 11.9. The van der Waals surface area contributed by atoms with Crippen LogP contribution >= 0.6 is 11.3 Å². The van der Waals surface area contributed by atoms with Crippen LogP contribution in [-0.2, 0) is 26.1 Å².